The summed E-state index contributed by atoms with van der Waals surface area (Å²) >= 11 is 0. The minimum atomic E-state index is -0.454. The third-order valence-electron chi connectivity index (χ3n) is 5.90. The van der Waals surface area contributed by atoms with E-state index in [1.165, 1.54) is 6.92 Å². The molecule has 2 aliphatic rings. The average molecular weight is 384 g/mol. The molecule has 0 saturated carbocycles. The predicted octanol–water partition coefficient (Wildman–Crippen LogP) is 1.79. The first kappa shape index (κ1) is 18.5. The molecule has 2 atom stereocenters. The van der Waals surface area contributed by atoms with E-state index < -0.39 is 6.04 Å². The lowest BCUT2D eigenvalue weighted by molar-refractivity contribution is -0.142. The van der Waals surface area contributed by atoms with Crippen molar-refractivity contribution in [3.8, 4) is 0 Å². The van der Waals surface area contributed by atoms with Crippen LogP contribution in [0.3, 0.4) is 0 Å². The van der Waals surface area contributed by atoms with E-state index >= 15 is 0 Å². The third-order valence-corrected chi connectivity index (χ3v) is 5.90. The van der Waals surface area contributed by atoms with Crippen molar-refractivity contribution in [1.29, 1.82) is 0 Å². The van der Waals surface area contributed by atoms with Crippen LogP contribution in [0.4, 0.5) is 5.69 Å². The number of amides is 3. The number of carbonyl (C=O) groups excluding carboxylic acids is 3. The Balaban J connectivity index is 1.53. The molecule has 2 fully saturated rings. The Morgan fingerprint density at radius 2 is 2.04 bits per heavy atom. The Kier molecular flexibility index (Phi) is 4.78. The van der Waals surface area contributed by atoms with Crippen molar-refractivity contribution in [2.24, 2.45) is 0 Å². The van der Waals surface area contributed by atoms with Crippen molar-refractivity contribution in [1.82, 2.24) is 15.0 Å². The lowest BCUT2D eigenvalue weighted by Gasteiger charge is -2.35. The smallest absolute Gasteiger partial charge is 0.249 e. The summed E-state index contributed by atoms with van der Waals surface area (Å²) in [4.78, 5) is 42.8. The van der Waals surface area contributed by atoms with Gasteiger partial charge < -0.3 is 19.2 Å². The Hall–Kier alpha value is -2.90. The van der Waals surface area contributed by atoms with E-state index in [0.29, 0.717) is 31.5 Å². The van der Waals surface area contributed by atoms with Gasteiger partial charge in [-0.05, 0) is 37.5 Å². The van der Waals surface area contributed by atoms with E-state index in [1.54, 1.807) is 34.0 Å². The number of benzene rings is 1. The summed E-state index contributed by atoms with van der Waals surface area (Å²) < 4.78 is 5.11. The number of likely N-dealkylation sites (N-methyl/N-ethyl adjacent to an activating group) is 1. The summed E-state index contributed by atoms with van der Waals surface area (Å²) in [6.07, 6.45) is 4.02. The standard InChI is InChI=1S/C20H24N4O4/c1-13(25)23-9-7-15-3-5-17(24(15)19(26)8-10-23)20(27)22(2)16-4-6-18-14(11-16)12-21-28-18/h4,6,11-12,15,17H,3,5,7-10H2,1-2H3/t15-,17+/m1/s1. The van der Waals surface area contributed by atoms with Crippen LogP contribution in [0.15, 0.2) is 28.9 Å². The Morgan fingerprint density at radius 1 is 1.21 bits per heavy atom. The molecule has 148 valence electrons. The molecule has 0 bridgehead atoms. The van der Waals surface area contributed by atoms with Gasteiger partial charge >= 0.3 is 0 Å². The minimum absolute atomic E-state index is 0.00395. The second-order valence-electron chi connectivity index (χ2n) is 7.54. The van der Waals surface area contributed by atoms with E-state index in [-0.39, 0.29) is 30.2 Å². The highest BCUT2D eigenvalue weighted by atomic mass is 16.5. The molecule has 1 aromatic carbocycles. The molecule has 2 aromatic rings. The van der Waals surface area contributed by atoms with E-state index in [4.69, 9.17) is 4.52 Å². The second kappa shape index (κ2) is 7.26. The van der Waals surface area contributed by atoms with Crippen LogP contribution >= 0.6 is 0 Å². The molecular weight excluding hydrogens is 360 g/mol. The molecule has 3 amide bonds. The van der Waals surface area contributed by atoms with Gasteiger partial charge in [0.15, 0.2) is 5.58 Å². The van der Waals surface area contributed by atoms with Crippen LogP contribution in [0.25, 0.3) is 11.0 Å². The summed E-state index contributed by atoms with van der Waals surface area (Å²) in [5, 5.41) is 4.59. The van der Waals surface area contributed by atoms with Gasteiger partial charge in [0.2, 0.25) is 17.7 Å². The molecular formula is C20H24N4O4. The summed E-state index contributed by atoms with van der Waals surface area (Å²) in [7, 11) is 1.73. The summed E-state index contributed by atoms with van der Waals surface area (Å²) in [5.74, 6) is -0.138. The number of aromatic nitrogens is 1. The van der Waals surface area contributed by atoms with Crippen LogP contribution in [0.2, 0.25) is 0 Å². The molecule has 0 radical (unpaired) electrons. The van der Waals surface area contributed by atoms with Crippen molar-refractivity contribution < 1.29 is 18.9 Å². The predicted molar refractivity (Wildman–Crippen MR) is 103 cm³/mol. The monoisotopic (exact) mass is 384 g/mol. The fourth-order valence-corrected chi connectivity index (χ4v) is 4.30. The molecule has 8 nitrogen and oxygen atoms in total. The fraction of sp³-hybridized carbons (Fsp3) is 0.500. The van der Waals surface area contributed by atoms with Crippen LogP contribution in [-0.2, 0) is 14.4 Å². The number of anilines is 1. The maximum absolute atomic E-state index is 13.2. The van der Waals surface area contributed by atoms with Gasteiger partial charge in [0.25, 0.3) is 0 Å². The maximum atomic E-state index is 13.2. The van der Waals surface area contributed by atoms with E-state index in [0.717, 1.165) is 17.5 Å². The molecule has 28 heavy (non-hydrogen) atoms. The molecule has 0 unspecified atom stereocenters. The summed E-state index contributed by atoms with van der Waals surface area (Å²) in [6.45, 7) is 2.58. The first-order valence-electron chi connectivity index (χ1n) is 9.64. The highest BCUT2D eigenvalue weighted by molar-refractivity contribution is 6.00. The number of carbonyl (C=O) groups is 3. The van der Waals surface area contributed by atoms with Crippen molar-refractivity contribution in [2.75, 3.05) is 25.0 Å². The van der Waals surface area contributed by atoms with Crippen LogP contribution in [0, 0.1) is 0 Å². The molecule has 2 aliphatic heterocycles. The normalized spacial score (nSPS) is 22.7. The molecule has 0 aliphatic carbocycles. The van der Waals surface area contributed by atoms with Gasteiger partial charge in [-0.1, -0.05) is 5.16 Å². The van der Waals surface area contributed by atoms with Crippen LogP contribution in [-0.4, -0.2) is 64.9 Å². The number of hydrogen-bond acceptors (Lipinski definition) is 5. The molecule has 8 heteroatoms. The number of fused-ring (bicyclic) bond motifs is 2. The zero-order valence-electron chi connectivity index (χ0n) is 16.1. The van der Waals surface area contributed by atoms with Crippen LogP contribution in [0.5, 0.6) is 0 Å². The summed E-state index contributed by atoms with van der Waals surface area (Å²) in [5.41, 5.74) is 1.41. The van der Waals surface area contributed by atoms with E-state index in [1.807, 2.05) is 12.1 Å². The number of hydrogen-bond donors (Lipinski definition) is 0. The summed E-state index contributed by atoms with van der Waals surface area (Å²) in [6, 6.07) is 5.02. The number of nitrogens with zero attached hydrogens (tertiary/aromatic N) is 4. The zero-order valence-corrected chi connectivity index (χ0v) is 16.1. The minimum Gasteiger partial charge on any atom is -0.356 e. The third kappa shape index (κ3) is 3.23. The fourth-order valence-electron chi connectivity index (χ4n) is 4.30. The van der Waals surface area contributed by atoms with E-state index in [2.05, 4.69) is 5.16 Å². The quantitative estimate of drug-likeness (QED) is 0.788. The molecule has 0 spiro atoms. The Bertz CT molecular complexity index is 924. The van der Waals surface area contributed by atoms with Crippen molar-refractivity contribution in [3.05, 3.63) is 24.4 Å². The number of rotatable bonds is 2. The van der Waals surface area contributed by atoms with Gasteiger partial charge in [-0.15, -0.1) is 0 Å². The first-order valence-corrected chi connectivity index (χ1v) is 9.64. The highest BCUT2D eigenvalue weighted by Gasteiger charge is 2.42. The lowest BCUT2D eigenvalue weighted by Crippen LogP contribution is -2.52. The van der Waals surface area contributed by atoms with Gasteiger partial charge in [0.1, 0.15) is 6.04 Å². The van der Waals surface area contributed by atoms with Gasteiger partial charge in [0.05, 0.1) is 6.20 Å². The lowest BCUT2D eigenvalue weighted by atomic mass is 10.1. The zero-order chi connectivity index (χ0) is 19.8. The molecule has 2 saturated heterocycles. The van der Waals surface area contributed by atoms with Gasteiger partial charge in [-0.2, -0.15) is 0 Å². The van der Waals surface area contributed by atoms with Crippen molar-refractivity contribution in [3.63, 3.8) is 0 Å². The van der Waals surface area contributed by atoms with Gasteiger partial charge in [-0.3, -0.25) is 14.4 Å². The largest absolute Gasteiger partial charge is 0.356 e. The van der Waals surface area contributed by atoms with E-state index in [9.17, 15) is 14.4 Å². The molecule has 1 aromatic heterocycles. The van der Waals surface area contributed by atoms with Crippen molar-refractivity contribution in [2.45, 2.75) is 44.7 Å². The van der Waals surface area contributed by atoms with Gasteiger partial charge in [-0.25, -0.2) is 0 Å². The van der Waals surface area contributed by atoms with Crippen molar-refractivity contribution >= 4 is 34.4 Å². The maximum Gasteiger partial charge on any atom is 0.249 e. The van der Waals surface area contributed by atoms with Gasteiger partial charge in [0, 0.05) is 50.6 Å². The van der Waals surface area contributed by atoms with Crippen LogP contribution in [0.1, 0.15) is 32.6 Å². The molecule has 0 N–H and O–H groups in total. The first-order chi connectivity index (χ1) is 13.5. The topological polar surface area (TPSA) is 87.0 Å². The Morgan fingerprint density at radius 3 is 2.82 bits per heavy atom. The highest BCUT2D eigenvalue weighted by Crippen LogP contribution is 2.31. The molecule has 4 rings (SSSR count). The second-order valence-corrected chi connectivity index (χ2v) is 7.54. The average Bonchev–Trinajstić information content (AvgIpc) is 3.30. The SMILES string of the molecule is CC(=O)N1CCC(=O)N2[C@H](CC[C@H]2C(=O)N(C)c2ccc3oncc3c2)CC1. The molecule has 3 heterocycles. The Labute approximate surface area is 163 Å². The van der Waals surface area contributed by atoms with Crippen LogP contribution < -0.4 is 4.90 Å².